The molecule has 9 nitrogen and oxygen atoms in total. The van der Waals surface area contributed by atoms with Crippen LogP contribution in [0.5, 0.6) is 0 Å². The number of aliphatic imine (C=N–C) groups is 1. The summed E-state index contributed by atoms with van der Waals surface area (Å²) in [6.45, 7) is 10.5. The highest BCUT2D eigenvalue weighted by Crippen LogP contribution is 2.15. The van der Waals surface area contributed by atoms with E-state index >= 15 is 0 Å². The molecule has 30 heavy (non-hydrogen) atoms. The average Bonchev–Trinajstić information content (AvgIpc) is 2.70. The zero-order chi connectivity index (χ0) is 22.0. The highest BCUT2D eigenvalue weighted by atomic mass is 16.6. The lowest BCUT2D eigenvalue weighted by Gasteiger charge is -2.35. The number of guanidine groups is 1. The molecule has 1 amide bonds. The molecule has 0 unspecified atom stereocenters. The SMILES string of the molecule is CC(C)(C)OC(=O)N1CCN(CCCCCN(C(N)=NC#N)c2ccncc2)CC1. The predicted molar refractivity (Wildman–Crippen MR) is 117 cm³/mol. The van der Waals surface area contributed by atoms with E-state index in [-0.39, 0.29) is 12.1 Å². The molecule has 1 aliphatic heterocycles. The Bertz CT molecular complexity index is 732. The number of unbranched alkanes of at least 4 members (excludes halogenated alkanes) is 2. The van der Waals surface area contributed by atoms with Gasteiger partial charge in [-0.1, -0.05) is 6.42 Å². The van der Waals surface area contributed by atoms with Crippen LogP contribution in [0.4, 0.5) is 10.5 Å². The summed E-state index contributed by atoms with van der Waals surface area (Å²) in [5.41, 5.74) is 6.37. The van der Waals surface area contributed by atoms with Crippen LogP contribution in [-0.4, -0.2) is 71.7 Å². The fraction of sp³-hybridized carbons (Fsp3) is 0.619. The van der Waals surface area contributed by atoms with Crippen molar-refractivity contribution in [1.82, 2.24) is 14.8 Å². The first kappa shape index (κ1) is 23.4. The molecule has 2 rings (SSSR count). The van der Waals surface area contributed by atoms with Gasteiger partial charge in [-0.05, 0) is 52.3 Å². The fourth-order valence-electron chi connectivity index (χ4n) is 3.27. The first-order valence-electron chi connectivity index (χ1n) is 10.4. The number of hydrogen-bond donors (Lipinski definition) is 1. The van der Waals surface area contributed by atoms with Crippen LogP contribution in [0, 0.1) is 11.5 Å². The fourth-order valence-corrected chi connectivity index (χ4v) is 3.27. The summed E-state index contributed by atoms with van der Waals surface area (Å²) in [4.78, 5) is 25.8. The van der Waals surface area contributed by atoms with Gasteiger partial charge < -0.3 is 20.3 Å². The smallest absolute Gasteiger partial charge is 0.410 e. The van der Waals surface area contributed by atoms with Gasteiger partial charge in [0.15, 0.2) is 0 Å². The van der Waals surface area contributed by atoms with Gasteiger partial charge in [0.1, 0.15) is 5.60 Å². The first-order chi connectivity index (χ1) is 14.3. The molecule has 1 saturated heterocycles. The van der Waals surface area contributed by atoms with E-state index < -0.39 is 5.60 Å². The lowest BCUT2D eigenvalue weighted by Crippen LogP contribution is -2.50. The van der Waals surface area contributed by atoms with Crippen molar-refractivity contribution >= 4 is 17.7 Å². The molecule has 1 aliphatic rings. The molecular weight excluding hydrogens is 382 g/mol. The Morgan fingerprint density at radius 2 is 1.90 bits per heavy atom. The van der Waals surface area contributed by atoms with Crippen LogP contribution in [0.3, 0.4) is 0 Å². The van der Waals surface area contributed by atoms with Gasteiger partial charge in [-0.15, -0.1) is 4.99 Å². The number of carbonyl (C=O) groups excluding carboxylic acids is 1. The van der Waals surface area contributed by atoms with Crippen molar-refractivity contribution in [2.24, 2.45) is 10.7 Å². The second-order valence-electron chi connectivity index (χ2n) is 8.30. The normalized spacial score (nSPS) is 15.5. The maximum absolute atomic E-state index is 12.1. The number of piperazine rings is 1. The van der Waals surface area contributed by atoms with Gasteiger partial charge in [0.2, 0.25) is 12.2 Å². The van der Waals surface area contributed by atoms with Crippen LogP contribution in [0.15, 0.2) is 29.5 Å². The van der Waals surface area contributed by atoms with Crippen molar-refractivity contribution in [3.05, 3.63) is 24.5 Å². The average molecular weight is 416 g/mol. The Balaban J connectivity index is 1.69. The Hall–Kier alpha value is -2.86. The molecule has 1 aromatic heterocycles. The van der Waals surface area contributed by atoms with Gasteiger partial charge in [-0.3, -0.25) is 9.88 Å². The molecule has 0 aliphatic carbocycles. The minimum Gasteiger partial charge on any atom is -0.444 e. The number of pyridine rings is 1. The van der Waals surface area contributed by atoms with Crippen molar-refractivity contribution in [2.45, 2.75) is 45.6 Å². The Labute approximate surface area is 179 Å². The summed E-state index contributed by atoms with van der Waals surface area (Å²) >= 11 is 0. The molecule has 0 aromatic carbocycles. The summed E-state index contributed by atoms with van der Waals surface area (Å²) in [7, 11) is 0. The number of rotatable bonds is 7. The largest absolute Gasteiger partial charge is 0.444 e. The highest BCUT2D eigenvalue weighted by molar-refractivity contribution is 5.95. The lowest BCUT2D eigenvalue weighted by atomic mass is 10.2. The number of carbonyl (C=O) groups is 1. The van der Waals surface area contributed by atoms with Gasteiger partial charge in [0.25, 0.3) is 0 Å². The molecule has 9 heteroatoms. The van der Waals surface area contributed by atoms with E-state index in [0.717, 1.165) is 44.6 Å². The summed E-state index contributed by atoms with van der Waals surface area (Å²) < 4.78 is 5.44. The molecule has 1 fully saturated rings. The zero-order valence-corrected chi connectivity index (χ0v) is 18.3. The van der Waals surface area contributed by atoms with Crippen molar-refractivity contribution in [3.63, 3.8) is 0 Å². The van der Waals surface area contributed by atoms with Gasteiger partial charge in [0, 0.05) is 50.8 Å². The van der Waals surface area contributed by atoms with Crippen molar-refractivity contribution in [1.29, 1.82) is 5.26 Å². The van der Waals surface area contributed by atoms with Crippen LogP contribution in [0.25, 0.3) is 0 Å². The number of amides is 1. The first-order valence-corrected chi connectivity index (χ1v) is 10.4. The van der Waals surface area contributed by atoms with Crippen LogP contribution >= 0.6 is 0 Å². The monoisotopic (exact) mass is 415 g/mol. The summed E-state index contributed by atoms with van der Waals surface area (Å²) in [5.74, 6) is 0.196. The number of nitrogens with zero attached hydrogens (tertiary/aromatic N) is 6. The van der Waals surface area contributed by atoms with Crippen LogP contribution in [0.1, 0.15) is 40.0 Å². The Kier molecular flexibility index (Phi) is 8.87. The molecule has 0 atom stereocenters. The standard InChI is InChI=1S/C21H33N7O2/c1-21(2,3)30-20(29)27-15-13-26(14-16-27)11-5-4-6-12-28(19(23)25-17-22)18-7-9-24-10-8-18/h7-10H,4-6,11-16H2,1-3H3,(H2,23,25). The van der Waals surface area contributed by atoms with Crippen molar-refractivity contribution < 1.29 is 9.53 Å². The zero-order valence-electron chi connectivity index (χ0n) is 18.3. The van der Waals surface area contributed by atoms with Gasteiger partial charge in [0.05, 0.1) is 0 Å². The Morgan fingerprint density at radius 1 is 1.23 bits per heavy atom. The predicted octanol–water partition coefficient (Wildman–Crippen LogP) is 2.41. The third kappa shape index (κ3) is 7.87. The molecule has 0 bridgehead atoms. The van der Waals surface area contributed by atoms with Gasteiger partial charge >= 0.3 is 6.09 Å². The van der Waals surface area contributed by atoms with E-state index in [1.165, 1.54) is 0 Å². The van der Waals surface area contributed by atoms with Crippen molar-refractivity contribution in [3.8, 4) is 6.19 Å². The highest BCUT2D eigenvalue weighted by Gasteiger charge is 2.25. The third-order valence-corrected chi connectivity index (χ3v) is 4.80. The minimum atomic E-state index is -0.459. The molecule has 2 heterocycles. The van der Waals surface area contributed by atoms with E-state index in [9.17, 15) is 4.79 Å². The second-order valence-corrected chi connectivity index (χ2v) is 8.30. The van der Waals surface area contributed by atoms with Crippen LogP contribution < -0.4 is 10.6 Å². The van der Waals surface area contributed by atoms with E-state index in [4.69, 9.17) is 15.7 Å². The number of anilines is 1. The maximum Gasteiger partial charge on any atom is 0.410 e. The second kappa shape index (κ2) is 11.4. The molecule has 0 radical (unpaired) electrons. The maximum atomic E-state index is 12.1. The van der Waals surface area contributed by atoms with Crippen LogP contribution in [0.2, 0.25) is 0 Å². The van der Waals surface area contributed by atoms with Gasteiger partial charge in [-0.2, -0.15) is 5.26 Å². The molecular formula is C21H33N7O2. The number of nitrogens with two attached hydrogens (primary N) is 1. The lowest BCUT2D eigenvalue weighted by molar-refractivity contribution is 0.0144. The number of nitriles is 1. The van der Waals surface area contributed by atoms with Crippen molar-refractivity contribution in [2.75, 3.05) is 44.2 Å². The van der Waals surface area contributed by atoms with Gasteiger partial charge in [-0.25, -0.2) is 4.79 Å². The third-order valence-electron chi connectivity index (χ3n) is 4.80. The number of hydrogen-bond acceptors (Lipinski definition) is 6. The molecule has 164 valence electrons. The minimum absolute atomic E-state index is 0.196. The summed E-state index contributed by atoms with van der Waals surface area (Å²) in [5, 5.41) is 8.80. The van der Waals surface area contributed by atoms with E-state index in [1.54, 1.807) is 23.5 Å². The van der Waals surface area contributed by atoms with E-state index in [1.807, 2.05) is 37.8 Å². The molecule has 2 N–H and O–H groups in total. The van der Waals surface area contributed by atoms with E-state index in [0.29, 0.717) is 19.6 Å². The topological polar surface area (TPSA) is 111 Å². The summed E-state index contributed by atoms with van der Waals surface area (Å²) in [6, 6.07) is 3.70. The van der Waals surface area contributed by atoms with Crippen LogP contribution in [-0.2, 0) is 4.74 Å². The molecule has 0 saturated carbocycles. The molecule has 1 aromatic rings. The quantitative estimate of drug-likeness (QED) is 0.315. The number of aromatic nitrogens is 1. The molecule has 0 spiro atoms. The summed E-state index contributed by atoms with van der Waals surface area (Å²) in [6.07, 6.45) is 7.94. The van der Waals surface area contributed by atoms with E-state index in [2.05, 4.69) is 14.9 Å². The Morgan fingerprint density at radius 3 is 2.50 bits per heavy atom. The number of ether oxygens (including phenoxy) is 1.